The number of carbonyl (C=O) groups excluding carboxylic acids is 1. The molecule has 0 aliphatic carbocycles. The normalized spacial score (nSPS) is 13.8. The molecule has 2 N–H and O–H groups in total. The summed E-state index contributed by atoms with van der Waals surface area (Å²) in [6.45, 7) is 4.02. The van der Waals surface area contributed by atoms with Crippen LogP contribution in [0.2, 0.25) is 0 Å². The van der Waals surface area contributed by atoms with Gasteiger partial charge in [0.05, 0.1) is 0 Å². The van der Waals surface area contributed by atoms with Gasteiger partial charge < -0.3 is 10.4 Å². The highest BCUT2D eigenvalue weighted by atomic mass is 32.1. The van der Waals surface area contributed by atoms with Gasteiger partial charge in [-0.15, -0.1) is 11.3 Å². The third kappa shape index (κ3) is 3.92. The van der Waals surface area contributed by atoms with E-state index in [9.17, 15) is 9.90 Å². The van der Waals surface area contributed by atoms with E-state index in [4.69, 9.17) is 0 Å². The minimum Gasteiger partial charge on any atom is -0.378 e. The first-order valence-electron chi connectivity index (χ1n) is 6.65. The Balaban J connectivity index is 1.90. The number of rotatable bonds is 5. The topological polar surface area (TPSA) is 49.3 Å². The van der Waals surface area contributed by atoms with Crippen molar-refractivity contribution in [3.63, 3.8) is 0 Å². The average Bonchev–Trinajstić information content (AvgIpc) is 2.84. The third-order valence-electron chi connectivity index (χ3n) is 3.06. The van der Waals surface area contributed by atoms with Gasteiger partial charge in [0.1, 0.15) is 0 Å². The van der Waals surface area contributed by atoms with Crippen molar-refractivity contribution in [2.24, 2.45) is 0 Å². The number of nitrogens with one attached hydrogen (secondary N) is 1. The van der Waals surface area contributed by atoms with E-state index in [0.717, 1.165) is 6.42 Å². The van der Waals surface area contributed by atoms with Crippen LogP contribution in [0.1, 0.15) is 28.3 Å². The number of carbonyl (C=O) groups is 1. The molecule has 1 aromatic carbocycles. The van der Waals surface area contributed by atoms with E-state index in [0.29, 0.717) is 5.56 Å². The lowest BCUT2D eigenvalue weighted by Crippen LogP contribution is -2.37. The van der Waals surface area contributed by atoms with Crippen LogP contribution in [-0.4, -0.2) is 17.1 Å². The molecule has 20 heavy (non-hydrogen) atoms. The molecule has 3 nitrogen and oxygen atoms in total. The molecule has 1 amide bonds. The third-order valence-corrected chi connectivity index (χ3v) is 4.08. The summed E-state index contributed by atoms with van der Waals surface area (Å²) in [6, 6.07) is 13.1. The van der Waals surface area contributed by atoms with Gasteiger partial charge in [0.25, 0.3) is 5.91 Å². The van der Waals surface area contributed by atoms with Crippen LogP contribution >= 0.6 is 11.3 Å². The highest BCUT2D eigenvalue weighted by molar-refractivity contribution is 7.11. The highest BCUT2D eigenvalue weighted by Crippen LogP contribution is 2.17. The number of benzene rings is 1. The van der Waals surface area contributed by atoms with E-state index in [2.05, 4.69) is 24.4 Å². The molecular formula is C16H19NO2S. The maximum Gasteiger partial charge on any atom is 0.253 e. The monoisotopic (exact) mass is 289 g/mol. The molecule has 2 atom stereocenters. The van der Waals surface area contributed by atoms with Gasteiger partial charge in [-0.25, -0.2) is 0 Å². The van der Waals surface area contributed by atoms with Crippen LogP contribution in [0.25, 0.3) is 0 Å². The predicted octanol–water partition coefficient (Wildman–Crippen LogP) is 2.84. The van der Waals surface area contributed by atoms with Gasteiger partial charge in [-0.3, -0.25) is 4.79 Å². The SMILES string of the molecule is Cc1ccc(CC(C)NC(=O)C(O)c2ccccc2)s1. The molecule has 0 aliphatic rings. The van der Waals surface area contributed by atoms with Crippen LogP contribution in [0, 0.1) is 6.92 Å². The summed E-state index contributed by atoms with van der Waals surface area (Å²) in [7, 11) is 0. The standard InChI is InChI=1S/C16H19NO2S/c1-11(10-14-9-8-12(2)20-14)17-16(19)15(18)13-6-4-3-5-7-13/h3-9,11,15,18H,10H2,1-2H3,(H,17,19). The smallest absolute Gasteiger partial charge is 0.253 e. The molecular weight excluding hydrogens is 270 g/mol. The Hall–Kier alpha value is -1.65. The van der Waals surface area contributed by atoms with Crippen LogP contribution in [0.3, 0.4) is 0 Å². The molecule has 2 unspecified atom stereocenters. The molecule has 0 spiro atoms. The van der Waals surface area contributed by atoms with Crippen LogP contribution in [0.4, 0.5) is 0 Å². The van der Waals surface area contributed by atoms with Crippen molar-refractivity contribution < 1.29 is 9.90 Å². The number of aliphatic hydroxyl groups excluding tert-OH is 1. The maximum atomic E-state index is 12.0. The Morgan fingerprint density at radius 1 is 1.25 bits per heavy atom. The summed E-state index contributed by atoms with van der Waals surface area (Å²) in [5.41, 5.74) is 0.615. The Labute approximate surface area is 123 Å². The van der Waals surface area contributed by atoms with Crippen molar-refractivity contribution in [3.8, 4) is 0 Å². The molecule has 0 aliphatic heterocycles. The largest absolute Gasteiger partial charge is 0.378 e. The zero-order valence-corrected chi connectivity index (χ0v) is 12.5. The summed E-state index contributed by atoms with van der Waals surface area (Å²) in [4.78, 5) is 14.5. The number of hydrogen-bond acceptors (Lipinski definition) is 3. The molecule has 4 heteroatoms. The first kappa shape index (κ1) is 14.8. The molecule has 0 fully saturated rings. The summed E-state index contributed by atoms with van der Waals surface area (Å²) in [5, 5.41) is 12.9. The Morgan fingerprint density at radius 2 is 1.95 bits per heavy atom. The van der Waals surface area contributed by atoms with Crippen LogP contribution in [-0.2, 0) is 11.2 Å². The minimum absolute atomic E-state index is 0.00101. The molecule has 0 radical (unpaired) electrons. The summed E-state index contributed by atoms with van der Waals surface area (Å²) in [6.07, 6.45) is -0.324. The molecule has 2 rings (SSSR count). The second-order valence-electron chi connectivity index (χ2n) is 4.94. The minimum atomic E-state index is -1.11. The molecule has 106 valence electrons. The number of aliphatic hydroxyl groups is 1. The Bertz CT molecular complexity index is 565. The maximum absolute atomic E-state index is 12.0. The van der Waals surface area contributed by atoms with Gasteiger partial charge >= 0.3 is 0 Å². The fourth-order valence-electron chi connectivity index (χ4n) is 2.06. The van der Waals surface area contributed by atoms with Crippen molar-refractivity contribution >= 4 is 17.2 Å². The lowest BCUT2D eigenvalue weighted by atomic mass is 10.1. The average molecular weight is 289 g/mol. The predicted molar refractivity (Wildman–Crippen MR) is 81.8 cm³/mol. The first-order chi connectivity index (χ1) is 9.56. The van der Waals surface area contributed by atoms with Crippen LogP contribution < -0.4 is 5.32 Å². The first-order valence-corrected chi connectivity index (χ1v) is 7.46. The number of hydrogen-bond donors (Lipinski definition) is 2. The molecule has 1 heterocycles. The molecule has 0 saturated heterocycles. The van der Waals surface area contributed by atoms with E-state index in [1.54, 1.807) is 23.5 Å². The zero-order valence-electron chi connectivity index (χ0n) is 11.7. The van der Waals surface area contributed by atoms with Crippen molar-refractivity contribution in [1.29, 1.82) is 0 Å². The Morgan fingerprint density at radius 3 is 2.55 bits per heavy atom. The van der Waals surface area contributed by atoms with E-state index in [1.165, 1.54) is 9.75 Å². The molecule has 2 aromatic rings. The lowest BCUT2D eigenvalue weighted by Gasteiger charge is -2.16. The zero-order chi connectivity index (χ0) is 14.5. The summed E-state index contributed by atoms with van der Waals surface area (Å²) in [5.74, 6) is -0.350. The van der Waals surface area contributed by atoms with E-state index in [1.807, 2.05) is 25.1 Å². The van der Waals surface area contributed by atoms with Crippen molar-refractivity contribution in [2.45, 2.75) is 32.4 Å². The summed E-state index contributed by atoms with van der Waals surface area (Å²) < 4.78 is 0. The van der Waals surface area contributed by atoms with Gasteiger partial charge in [0, 0.05) is 22.2 Å². The van der Waals surface area contributed by atoms with Gasteiger partial charge in [0.15, 0.2) is 6.10 Å². The highest BCUT2D eigenvalue weighted by Gasteiger charge is 2.19. The summed E-state index contributed by atoms with van der Waals surface area (Å²) >= 11 is 1.73. The second kappa shape index (κ2) is 6.68. The lowest BCUT2D eigenvalue weighted by molar-refractivity contribution is -0.130. The number of amides is 1. The fourth-order valence-corrected chi connectivity index (χ4v) is 3.08. The van der Waals surface area contributed by atoms with Gasteiger partial charge in [0.2, 0.25) is 0 Å². The van der Waals surface area contributed by atoms with Crippen molar-refractivity contribution in [1.82, 2.24) is 5.32 Å². The van der Waals surface area contributed by atoms with E-state index in [-0.39, 0.29) is 11.9 Å². The molecule has 0 bridgehead atoms. The van der Waals surface area contributed by atoms with Crippen molar-refractivity contribution in [3.05, 3.63) is 57.8 Å². The van der Waals surface area contributed by atoms with Gasteiger partial charge in [-0.1, -0.05) is 30.3 Å². The number of thiophene rings is 1. The van der Waals surface area contributed by atoms with Crippen LogP contribution in [0.15, 0.2) is 42.5 Å². The van der Waals surface area contributed by atoms with Crippen LogP contribution in [0.5, 0.6) is 0 Å². The van der Waals surface area contributed by atoms with Gasteiger partial charge in [-0.2, -0.15) is 0 Å². The Kier molecular flexibility index (Phi) is 4.93. The van der Waals surface area contributed by atoms with Crippen molar-refractivity contribution in [2.75, 3.05) is 0 Å². The second-order valence-corrected chi connectivity index (χ2v) is 6.31. The molecule has 0 saturated carbocycles. The fraction of sp³-hybridized carbons (Fsp3) is 0.312. The van der Waals surface area contributed by atoms with Gasteiger partial charge in [-0.05, 0) is 31.5 Å². The molecule has 1 aromatic heterocycles. The number of aryl methyl sites for hydroxylation is 1. The quantitative estimate of drug-likeness (QED) is 0.889. The van der Waals surface area contributed by atoms with E-state index >= 15 is 0 Å². The van der Waals surface area contributed by atoms with E-state index < -0.39 is 6.10 Å².